The van der Waals surface area contributed by atoms with Gasteiger partial charge in [-0.1, -0.05) is 32.9 Å². The topological polar surface area (TPSA) is 69.7 Å². The minimum absolute atomic E-state index is 0.142. The van der Waals surface area contributed by atoms with Crippen LogP contribution in [0.5, 0.6) is 0 Å². The number of carbonyl (C=O) groups excluding carboxylic acids is 3. The Morgan fingerprint density at radius 1 is 1.07 bits per heavy atom. The van der Waals surface area contributed by atoms with Gasteiger partial charge in [-0.2, -0.15) is 0 Å². The second-order valence-corrected chi connectivity index (χ2v) is 10.1. The molecular formula is C25H36O5. The third-order valence-electron chi connectivity index (χ3n) is 8.39. The Morgan fingerprint density at radius 2 is 1.67 bits per heavy atom. The lowest BCUT2D eigenvalue weighted by atomic mass is 9.35. The first-order chi connectivity index (χ1) is 14.0. The van der Waals surface area contributed by atoms with Crippen molar-refractivity contribution in [2.45, 2.75) is 73.8 Å². The van der Waals surface area contributed by atoms with Crippen LogP contribution in [-0.4, -0.2) is 30.4 Å². The van der Waals surface area contributed by atoms with Crippen molar-refractivity contribution in [3.8, 4) is 0 Å². The summed E-state index contributed by atoms with van der Waals surface area (Å²) in [6, 6.07) is 0. The molecule has 0 heterocycles. The van der Waals surface area contributed by atoms with Crippen molar-refractivity contribution in [3.05, 3.63) is 23.3 Å². The standard InChI is InChI=1S/C25H36O5/c1-8-14(3)22(27)29-13-24(6)11-10-18(30-23(28)15(4)9-2)25(7)19-16(5)12-17(26)20(25)21(19)24/h8-9,16,18-21H,10-13H2,1-7H3/b14-8+,15-9-/t16-,18-,19+,20-,21+,24-,25-/m1/s1. The van der Waals surface area contributed by atoms with Crippen molar-refractivity contribution in [2.75, 3.05) is 6.61 Å². The molecule has 4 bridgehead atoms. The van der Waals surface area contributed by atoms with E-state index < -0.39 is 0 Å². The number of rotatable bonds is 5. The molecule has 3 aliphatic carbocycles. The Balaban J connectivity index is 1.92. The highest BCUT2D eigenvalue weighted by atomic mass is 16.5. The smallest absolute Gasteiger partial charge is 0.333 e. The van der Waals surface area contributed by atoms with Gasteiger partial charge in [-0.25, -0.2) is 9.59 Å². The molecule has 5 nitrogen and oxygen atoms in total. The number of ketones is 1. The van der Waals surface area contributed by atoms with E-state index in [1.165, 1.54) is 0 Å². The molecule has 0 amide bonds. The number of allylic oxidation sites excluding steroid dienone is 2. The zero-order valence-corrected chi connectivity index (χ0v) is 19.4. The van der Waals surface area contributed by atoms with Gasteiger partial charge in [0.1, 0.15) is 11.9 Å². The number of ether oxygens (including phenoxy) is 2. The zero-order chi connectivity index (χ0) is 22.4. The largest absolute Gasteiger partial charge is 0.462 e. The van der Waals surface area contributed by atoms with Crippen LogP contribution >= 0.6 is 0 Å². The molecule has 3 aliphatic rings. The van der Waals surface area contributed by atoms with Crippen molar-refractivity contribution < 1.29 is 23.9 Å². The van der Waals surface area contributed by atoms with Crippen molar-refractivity contribution in [2.24, 2.45) is 34.5 Å². The Bertz CT molecular complexity index is 808. The highest BCUT2D eigenvalue weighted by Crippen LogP contribution is 2.73. The van der Waals surface area contributed by atoms with Gasteiger partial charge in [-0.15, -0.1) is 0 Å². The third-order valence-corrected chi connectivity index (χ3v) is 8.39. The zero-order valence-electron chi connectivity index (χ0n) is 19.4. The molecule has 5 heteroatoms. The molecule has 0 aromatic rings. The SMILES string of the molecule is C/C=C(/C)C(=O)O[C@@H]1CC[C@](C)(COC(=O)/C(C)=C/C)[C@H]2[C@@H]3[C@H](C)CC(=O)[C@H]2[C@@]31C. The van der Waals surface area contributed by atoms with Gasteiger partial charge in [0.05, 0.1) is 6.61 Å². The molecule has 0 aromatic heterocycles. The van der Waals surface area contributed by atoms with Crippen LogP contribution in [-0.2, 0) is 23.9 Å². The van der Waals surface area contributed by atoms with Crippen LogP contribution in [0.25, 0.3) is 0 Å². The maximum absolute atomic E-state index is 13.1. The lowest BCUT2D eigenvalue weighted by Crippen LogP contribution is -2.71. The number of Topliss-reactive ketones (excluding diaryl/α,β-unsaturated/α-hetero) is 1. The van der Waals surface area contributed by atoms with Gasteiger partial charge in [0.15, 0.2) is 0 Å². The van der Waals surface area contributed by atoms with E-state index in [2.05, 4.69) is 20.8 Å². The molecule has 166 valence electrons. The molecule has 3 fully saturated rings. The lowest BCUT2D eigenvalue weighted by molar-refractivity contribution is -0.239. The van der Waals surface area contributed by atoms with Gasteiger partial charge >= 0.3 is 11.9 Å². The Labute approximate surface area is 180 Å². The van der Waals surface area contributed by atoms with E-state index in [0.717, 1.165) is 6.42 Å². The van der Waals surface area contributed by atoms with E-state index >= 15 is 0 Å². The number of hydrogen-bond donors (Lipinski definition) is 0. The highest BCUT2D eigenvalue weighted by Gasteiger charge is 2.74. The Hall–Kier alpha value is -1.91. The lowest BCUT2D eigenvalue weighted by Gasteiger charge is -2.68. The number of carbonyl (C=O) groups is 3. The summed E-state index contributed by atoms with van der Waals surface area (Å²) >= 11 is 0. The van der Waals surface area contributed by atoms with Gasteiger partial charge in [-0.3, -0.25) is 4.79 Å². The van der Waals surface area contributed by atoms with E-state index in [4.69, 9.17) is 9.47 Å². The molecule has 0 saturated heterocycles. The van der Waals surface area contributed by atoms with Gasteiger partial charge in [0.25, 0.3) is 0 Å². The summed E-state index contributed by atoms with van der Waals surface area (Å²) in [5, 5.41) is 0. The van der Waals surface area contributed by atoms with Crippen LogP contribution < -0.4 is 0 Å². The fraction of sp³-hybridized carbons (Fsp3) is 0.720. The third kappa shape index (κ3) is 3.34. The Morgan fingerprint density at radius 3 is 2.23 bits per heavy atom. The molecular weight excluding hydrogens is 380 g/mol. The average molecular weight is 417 g/mol. The van der Waals surface area contributed by atoms with Gasteiger partial charge in [-0.05, 0) is 58.3 Å². The molecule has 0 aliphatic heterocycles. The number of fused-ring (bicyclic) bond motifs is 1. The highest BCUT2D eigenvalue weighted by molar-refractivity contribution is 5.89. The van der Waals surface area contributed by atoms with Gasteiger partial charge in [0.2, 0.25) is 0 Å². The van der Waals surface area contributed by atoms with Crippen molar-refractivity contribution in [3.63, 3.8) is 0 Å². The quantitative estimate of drug-likeness (QED) is 0.482. The summed E-state index contributed by atoms with van der Waals surface area (Å²) < 4.78 is 11.7. The molecule has 7 atom stereocenters. The maximum Gasteiger partial charge on any atom is 0.333 e. The molecule has 0 spiro atoms. The Kier molecular flexibility index (Phi) is 6.05. The van der Waals surface area contributed by atoms with Crippen LogP contribution in [0.3, 0.4) is 0 Å². The van der Waals surface area contributed by atoms with Crippen LogP contribution in [0.4, 0.5) is 0 Å². The van der Waals surface area contributed by atoms with E-state index in [9.17, 15) is 14.4 Å². The predicted octanol–water partition coefficient (Wildman–Crippen LogP) is 4.65. The van der Waals surface area contributed by atoms with Crippen molar-refractivity contribution >= 4 is 17.7 Å². The molecule has 0 radical (unpaired) electrons. The van der Waals surface area contributed by atoms with Crippen LogP contribution in [0.2, 0.25) is 0 Å². The fourth-order valence-electron chi connectivity index (χ4n) is 6.50. The van der Waals surface area contributed by atoms with E-state index in [0.29, 0.717) is 30.6 Å². The normalized spacial score (nSPS) is 40.9. The number of esters is 2. The summed E-state index contributed by atoms with van der Waals surface area (Å²) in [7, 11) is 0. The summed E-state index contributed by atoms with van der Waals surface area (Å²) in [6.07, 6.45) is 5.23. The molecule has 3 rings (SSSR count). The predicted molar refractivity (Wildman–Crippen MR) is 114 cm³/mol. The summed E-state index contributed by atoms with van der Waals surface area (Å²) in [6.45, 7) is 13.9. The summed E-state index contributed by atoms with van der Waals surface area (Å²) in [5.41, 5.74) is 0.523. The van der Waals surface area contributed by atoms with E-state index in [1.807, 2.05) is 13.8 Å². The first-order valence-electron chi connectivity index (χ1n) is 11.2. The van der Waals surface area contributed by atoms with Gasteiger partial charge < -0.3 is 9.47 Å². The molecule has 0 aromatic carbocycles. The van der Waals surface area contributed by atoms with E-state index in [-0.39, 0.29) is 58.3 Å². The molecule has 3 saturated carbocycles. The minimum atomic E-state index is -0.343. The van der Waals surface area contributed by atoms with Crippen molar-refractivity contribution in [1.82, 2.24) is 0 Å². The van der Waals surface area contributed by atoms with Crippen LogP contribution in [0.1, 0.15) is 67.7 Å². The first kappa shape index (κ1) is 22.8. The van der Waals surface area contributed by atoms with Gasteiger partial charge in [0, 0.05) is 34.3 Å². The number of hydrogen-bond acceptors (Lipinski definition) is 5. The summed E-state index contributed by atoms with van der Waals surface area (Å²) in [4.78, 5) is 38.0. The monoisotopic (exact) mass is 416 g/mol. The average Bonchev–Trinajstić information content (AvgIpc) is 2.86. The molecule has 30 heavy (non-hydrogen) atoms. The second-order valence-electron chi connectivity index (χ2n) is 10.1. The summed E-state index contributed by atoms with van der Waals surface area (Å²) in [5.74, 6) is 0.181. The minimum Gasteiger partial charge on any atom is -0.462 e. The van der Waals surface area contributed by atoms with Crippen LogP contribution in [0, 0.1) is 34.5 Å². The molecule has 0 N–H and O–H groups in total. The fourth-order valence-corrected chi connectivity index (χ4v) is 6.50. The maximum atomic E-state index is 13.1. The second kappa shape index (κ2) is 7.97. The van der Waals surface area contributed by atoms with E-state index in [1.54, 1.807) is 26.0 Å². The molecule has 0 unspecified atom stereocenters. The van der Waals surface area contributed by atoms with Crippen molar-refractivity contribution in [1.29, 1.82) is 0 Å². The van der Waals surface area contributed by atoms with Crippen LogP contribution in [0.15, 0.2) is 23.3 Å². The first-order valence-corrected chi connectivity index (χ1v) is 11.2.